The highest BCUT2D eigenvalue weighted by Crippen LogP contribution is 2.44. The van der Waals surface area contributed by atoms with Crippen LogP contribution in [-0.2, 0) is 0 Å². The molecule has 25 heavy (non-hydrogen) atoms. The van der Waals surface area contributed by atoms with E-state index in [4.69, 9.17) is 4.74 Å². The van der Waals surface area contributed by atoms with Crippen LogP contribution in [0, 0.1) is 5.92 Å². The molecule has 1 aliphatic carbocycles. The van der Waals surface area contributed by atoms with Crippen LogP contribution >= 0.6 is 0 Å². The third-order valence-corrected chi connectivity index (χ3v) is 5.44. The highest BCUT2D eigenvalue weighted by molar-refractivity contribution is 6.12. The first-order chi connectivity index (χ1) is 12.0. The minimum absolute atomic E-state index is 0.0317. The Balaban J connectivity index is 2.18. The summed E-state index contributed by atoms with van der Waals surface area (Å²) >= 11 is 0. The zero-order valence-electron chi connectivity index (χ0n) is 15.5. The maximum absolute atomic E-state index is 13.2. The summed E-state index contributed by atoms with van der Waals surface area (Å²) in [5.41, 5.74) is 7.64. The Morgan fingerprint density at radius 1 is 0.960 bits per heavy atom. The van der Waals surface area contributed by atoms with E-state index in [9.17, 15) is 4.79 Å². The van der Waals surface area contributed by atoms with Crippen LogP contribution in [0.4, 0.5) is 0 Å². The van der Waals surface area contributed by atoms with E-state index in [0.29, 0.717) is 22.8 Å². The molecule has 0 amide bonds. The number of benzene rings is 2. The molecule has 0 fully saturated rings. The van der Waals surface area contributed by atoms with E-state index in [0.717, 1.165) is 5.56 Å². The highest BCUT2D eigenvalue weighted by Gasteiger charge is 2.28. The predicted octanol–water partition coefficient (Wildman–Crippen LogP) is 5.69. The average Bonchev–Trinajstić information content (AvgIpc) is 2.84. The van der Waals surface area contributed by atoms with Gasteiger partial charge < -0.3 is 4.74 Å². The fourth-order valence-electron chi connectivity index (χ4n) is 3.62. The molecule has 0 bridgehead atoms. The Morgan fingerprint density at radius 2 is 1.64 bits per heavy atom. The van der Waals surface area contributed by atoms with Crippen molar-refractivity contribution >= 4 is 11.4 Å². The zero-order valence-corrected chi connectivity index (χ0v) is 15.5. The van der Waals surface area contributed by atoms with E-state index in [-0.39, 0.29) is 5.78 Å². The van der Waals surface area contributed by atoms with Gasteiger partial charge >= 0.3 is 0 Å². The van der Waals surface area contributed by atoms with Crippen molar-refractivity contribution in [2.45, 2.75) is 27.7 Å². The van der Waals surface area contributed by atoms with Crippen molar-refractivity contribution in [1.82, 2.24) is 0 Å². The Labute approximate surface area is 149 Å². The van der Waals surface area contributed by atoms with Crippen molar-refractivity contribution < 1.29 is 9.53 Å². The van der Waals surface area contributed by atoms with Crippen molar-refractivity contribution in [3.63, 3.8) is 0 Å². The Kier molecular flexibility index (Phi) is 4.63. The van der Waals surface area contributed by atoms with E-state index in [1.165, 1.54) is 22.3 Å². The molecule has 0 saturated heterocycles. The number of carbonyl (C=O) groups is 1. The van der Waals surface area contributed by atoms with Crippen LogP contribution in [0.15, 0.2) is 65.3 Å². The topological polar surface area (TPSA) is 26.3 Å². The molecule has 1 aliphatic rings. The van der Waals surface area contributed by atoms with Crippen LogP contribution in [-0.4, -0.2) is 12.9 Å². The number of ketones is 1. The normalized spacial score (nSPS) is 17.2. The fraction of sp³-hybridized carbons (Fsp3) is 0.261. The SMILES string of the molecule is COc1ccc(C2=C(C)C(C)=C(C)C2C)c(C(=O)c2ccccc2)c1. The maximum atomic E-state index is 13.2. The summed E-state index contributed by atoms with van der Waals surface area (Å²) in [7, 11) is 1.63. The Hall–Kier alpha value is -2.61. The largest absolute Gasteiger partial charge is 0.497 e. The van der Waals surface area contributed by atoms with Crippen LogP contribution in [0.1, 0.15) is 49.2 Å². The lowest BCUT2D eigenvalue weighted by Gasteiger charge is -2.17. The smallest absolute Gasteiger partial charge is 0.193 e. The van der Waals surface area contributed by atoms with Crippen LogP contribution < -0.4 is 4.74 Å². The molecule has 0 aliphatic heterocycles. The lowest BCUT2D eigenvalue weighted by Crippen LogP contribution is -2.08. The maximum Gasteiger partial charge on any atom is 0.193 e. The standard InChI is InChI=1S/C23H24O2/c1-14-15(2)17(4)22(16(14)3)20-12-11-19(25-5)13-21(20)23(24)18-9-7-6-8-10-18/h6-13,16H,1-5H3. The number of allylic oxidation sites excluding steroid dienone is 4. The molecular weight excluding hydrogens is 308 g/mol. The number of hydrogen-bond acceptors (Lipinski definition) is 2. The third kappa shape index (κ3) is 2.93. The van der Waals surface area contributed by atoms with Crippen LogP contribution in [0.3, 0.4) is 0 Å². The van der Waals surface area contributed by atoms with Crippen LogP contribution in [0.5, 0.6) is 5.75 Å². The van der Waals surface area contributed by atoms with Crippen molar-refractivity contribution in [1.29, 1.82) is 0 Å². The number of methoxy groups -OCH3 is 1. The van der Waals surface area contributed by atoms with Gasteiger partial charge in [-0.25, -0.2) is 0 Å². The van der Waals surface area contributed by atoms with Crippen LogP contribution in [0.25, 0.3) is 5.57 Å². The monoisotopic (exact) mass is 332 g/mol. The number of hydrogen-bond donors (Lipinski definition) is 0. The van der Waals surface area contributed by atoms with Gasteiger partial charge in [0.15, 0.2) is 5.78 Å². The summed E-state index contributed by atoms with van der Waals surface area (Å²) in [6.07, 6.45) is 0. The first kappa shape index (κ1) is 17.2. The first-order valence-electron chi connectivity index (χ1n) is 8.62. The van der Waals surface area contributed by atoms with E-state index in [1.54, 1.807) is 7.11 Å². The number of ether oxygens (including phenoxy) is 1. The van der Waals surface area contributed by atoms with Gasteiger partial charge in [0.25, 0.3) is 0 Å². The minimum Gasteiger partial charge on any atom is -0.497 e. The fourth-order valence-corrected chi connectivity index (χ4v) is 3.62. The van der Waals surface area contributed by atoms with Gasteiger partial charge in [-0.2, -0.15) is 0 Å². The summed E-state index contributed by atoms with van der Waals surface area (Å²) in [6, 6.07) is 15.3. The Bertz CT molecular complexity index is 886. The van der Waals surface area contributed by atoms with E-state index in [2.05, 4.69) is 27.7 Å². The minimum atomic E-state index is 0.0317. The molecule has 0 saturated carbocycles. The molecule has 0 N–H and O–H groups in total. The predicted molar refractivity (Wildman–Crippen MR) is 103 cm³/mol. The molecule has 0 radical (unpaired) electrons. The van der Waals surface area contributed by atoms with Crippen molar-refractivity contribution in [3.8, 4) is 5.75 Å². The van der Waals surface area contributed by atoms with Gasteiger partial charge in [-0.3, -0.25) is 4.79 Å². The average molecular weight is 332 g/mol. The molecule has 2 aromatic carbocycles. The van der Waals surface area contributed by atoms with Crippen molar-refractivity contribution in [3.05, 3.63) is 81.9 Å². The second-order valence-corrected chi connectivity index (χ2v) is 6.68. The van der Waals surface area contributed by atoms with E-state index in [1.807, 2.05) is 48.5 Å². The molecule has 2 nitrogen and oxygen atoms in total. The third-order valence-electron chi connectivity index (χ3n) is 5.44. The molecule has 0 spiro atoms. The molecule has 3 rings (SSSR count). The number of carbonyl (C=O) groups excluding carboxylic acids is 1. The molecular formula is C23H24O2. The lowest BCUT2D eigenvalue weighted by atomic mass is 9.86. The van der Waals surface area contributed by atoms with Crippen LogP contribution in [0.2, 0.25) is 0 Å². The lowest BCUT2D eigenvalue weighted by molar-refractivity contribution is 0.103. The van der Waals surface area contributed by atoms with E-state index < -0.39 is 0 Å². The molecule has 2 heteroatoms. The Morgan fingerprint density at radius 3 is 2.20 bits per heavy atom. The van der Waals surface area contributed by atoms with Crippen molar-refractivity contribution in [2.75, 3.05) is 7.11 Å². The molecule has 0 heterocycles. The quantitative estimate of drug-likeness (QED) is 0.673. The second kappa shape index (κ2) is 6.72. The van der Waals surface area contributed by atoms with Gasteiger partial charge in [0.05, 0.1) is 7.11 Å². The summed E-state index contributed by atoms with van der Waals surface area (Å²) in [5.74, 6) is 1.05. The molecule has 1 unspecified atom stereocenters. The summed E-state index contributed by atoms with van der Waals surface area (Å²) in [5, 5.41) is 0. The van der Waals surface area contributed by atoms with Gasteiger partial charge in [0.1, 0.15) is 5.75 Å². The van der Waals surface area contributed by atoms with E-state index >= 15 is 0 Å². The molecule has 128 valence electrons. The summed E-state index contributed by atoms with van der Waals surface area (Å²) in [6.45, 7) is 8.71. The van der Waals surface area contributed by atoms with Crippen molar-refractivity contribution in [2.24, 2.45) is 5.92 Å². The summed E-state index contributed by atoms with van der Waals surface area (Å²) < 4.78 is 5.38. The van der Waals surface area contributed by atoms with Gasteiger partial charge in [-0.1, -0.05) is 48.9 Å². The second-order valence-electron chi connectivity index (χ2n) is 6.68. The molecule has 2 aromatic rings. The molecule has 0 aromatic heterocycles. The number of rotatable bonds is 4. The van der Waals surface area contributed by atoms with Gasteiger partial charge in [0.2, 0.25) is 0 Å². The first-order valence-corrected chi connectivity index (χ1v) is 8.62. The van der Waals surface area contributed by atoms with Gasteiger partial charge in [-0.15, -0.1) is 0 Å². The molecule has 1 atom stereocenters. The van der Waals surface area contributed by atoms with Gasteiger partial charge in [-0.05, 0) is 55.2 Å². The summed E-state index contributed by atoms with van der Waals surface area (Å²) in [4.78, 5) is 13.2. The van der Waals surface area contributed by atoms with Gasteiger partial charge in [0, 0.05) is 17.0 Å². The highest BCUT2D eigenvalue weighted by atomic mass is 16.5. The zero-order chi connectivity index (χ0) is 18.1.